The van der Waals surface area contributed by atoms with Crippen LogP contribution in [0, 0.1) is 0 Å². The van der Waals surface area contributed by atoms with Gasteiger partial charge in [0.1, 0.15) is 0 Å². The summed E-state index contributed by atoms with van der Waals surface area (Å²) in [5, 5.41) is 5.08. The molecule has 0 radical (unpaired) electrons. The van der Waals surface area contributed by atoms with Gasteiger partial charge in [0.25, 0.3) is 0 Å². The maximum atomic E-state index is 2.50. The Hall–Kier alpha value is -7.94. The molecule has 2 heteroatoms. The maximum Gasteiger partial charge on any atom is 0.0726 e. The summed E-state index contributed by atoms with van der Waals surface area (Å²) in [4.78, 5) is 2.47. The van der Waals surface area contributed by atoms with Gasteiger partial charge in [0, 0.05) is 38.9 Å². The number of benzene rings is 10. The fraction of sp³-hybridized carbons (Fsp3) is 0.0645. The number of hydrogen-bond donors (Lipinski definition) is 0. The zero-order chi connectivity index (χ0) is 42.3. The van der Waals surface area contributed by atoms with Gasteiger partial charge in [-0.3, -0.25) is 0 Å². The highest BCUT2D eigenvalue weighted by molar-refractivity contribution is 6.13. The third kappa shape index (κ3) is 4.59. The van der Waals surface area contributed by atoms with Crippen molar-refractivity contribution in [1.29, 1.82) is 0 Å². The average Bonchev–Trinajstić information content (AvgIpc) is 4.01. The molecule has 1 aromatic heterocycles. The Labute approximate surface area is 372 Å². The minimum Gasteiger partial charge on any atom is -0.310 e. The molecule has 300 valence electrons. The largest absolute Gasteiger partial charge is 0.310 e. The Morgan fingerprint density at radius 2 is 0.812 bits per heavy atom. The summed E-state index contributed by atoms with van der Waals surface area (Å²) in [6, 6.07) is 81.9. The molecule has 0 fully saturated rings. The van der Waals surface area contributed by atoms with Crippen LogP contribution in [0.1, 0.15) is 47.2 Å². The number of anilines is 3. The van der Waals surface area contributed by atoms with Crippen molar-refractivity contribution in [2.75, 3.05) is 4.90 Å². The summed E-state index contributed by atoms with van der Waals surface area (Å²) in [5.41, 5.74) is 22.4. The summed E-state index contributed by atoms with van der Waals surface area (Å²) in [5.74, 6) is 0. The standard InChI is InChI=1S/C62H42N2/c1-61(2)56-36-42(28-31-48(56)49-32-30-44(37-57(49)61)64-59-27-15-11-23-51(59)52-34-39-16-6-7-17-40(39)35-60(52)64)63(41-18-4-3-5-19-41)43-29-33-50-47-22-10-14-26-55(47)62(58(50)38-43)53-24-12-8-20-45(53)46-21-9-13-25-54(46)62/h3-38H,1-2H3. The molecule has 0 atom stereocenters. The highest BCUT2D eigenvalue weighted by Gasteiger charge is 2.51. The lowest BCUT2D eigenvalue weighted by molar-refractivity contribution is 0.660. The van der Waals surface area contributed by atoms with E-state index in [0.29, 0.717) is 0 Å². The van der Waals surface area contributed by atoms with Crippen molar-refractivity contribution in [2.24, 2.45) is 0 Å². The topological polar surface area (TPSA) is 8.17 Å². The third-order valence-corrected chi connectivity index (χ3v) is 15.0. The minimum atomic E-state index is -0.416. The lowest BCUT2D eigenvalue weighted by Gasteiger charge is -2.32. The summed E-state index contributed by atoms with van der Waals surface area (Å²) in [6.07, 6.45) is 0. The second kappa shape index (κ2) is 12.8. The van der Waals surface area contributed by atoms with Crippen molar-refractivity contribution >= 4 is 49.6 Å². The minimum absolute atomic E-state index is 0.245. The van der Waals surface area contributed by atoms with Crippen molar-refractivity contribution in [3.63, 3.8) is 0 Å². The van der Waals surface area contributed by atoms with Crippen LogP contribution in [-0.4, -0.2) is 4.57 Å². The Morgan fingerprint density at radius 3 is 1.47 bits per heavy atom. The van der Waals surface area contributed by atoms with Gasteiger partial charge < -0.3 is 9.47 Å². The molecule has 0 saturated heterocycles. The lowest BCUT2D eigenvalue weighted by Crippen LogP contribution is -2.26. The normalized spacial score (nSPS) is 14.3. The van der Waals surface area contributed by atoms with Crippen molar-refractivity contribution in [3.8, 4) is 39.1 Å². The van der Waals surface area contributed by atoms with Crippen LogP contribution in [0.2, 0.25) is 0 Å². The van der Waals surface area contributed by atoms with Crippen LogP contribution in [0.4, 0.5) is 17.1 Å². The van der Waals surface area contributed by atoms with E-state index in [9.17, 15) is 0 Å². The zero-order valence-electron chi connectivity index (χ0n) is 35.7. The third-order valence-electron chi connectivity index (χ3n) is 15.0. The van der Waals surface area contributed by atoms with Crippen molar-refractivity contribution in [1.82, 2.24) is 4.57 Å². The Morgan fingerprint density at radius 1 is 0.328 bits per heavy atom. The highest BCUT2D eigenvalue weighted by Crippen LogP contribution is 2.63. The van der Waals surface area contributed by atoms with E-state index in [2.05, 4.69) is 242 Å². The fourth-order valence-corrected chi connectivity index (χ4v) is 12.2. The van der Waals surface area contributed by atoms with Crippen molar-refractivity contribution in [2.45, 2.75) is 24.7 Å². The molecule has 1 heterocycles. The Kier molecular flexibility index (Phi) is 7.13. The molecule has 3 aliphatic carbocycles. The van der Waals surface area contributed by atoms with Crippen LogP contribution in [0.3, 0.4) is 0 Å². The van der Waals surface area contributed by atoms with E-state index in [-0.39, 0.29) is 5.41 Å². The van der Waals surface area contributed by atoms with E-state index < -0.39 is 5.41 Å². The molecule has 14 rings (SSSR count). The van der Waals surface area contributed by atoms with Gasteiger partial charge in [-0.15, -0.1) is 0 Å². The number of hydrogen-bond acceptors (Lipinski definition) is 1. The molecule has 3 aliphatic rings. The van der Waals surface area contributed by atoms with Gasteiger partial charge in [-0.1, -0.05) is 166 Å². The summed E-state index contributed by atoms with van der Waals surface area (Å²) in [7, 11) is 0. The van der Waals surface area contributed by atoms with Crippen LogP contribution >= 0.6 is 0 Å². The number of fused-ring (bicyclic) bond motifs is 17. The average molecular weight is 815 g/mol. The first-order chi connectivity index (χ1) is 31.5. The maximum absolute atomic E-state index is 2.50. The summed E-state index contributed by atoms with van der Waals surface area (Å²) < 4.78 is 2.47. The molecule has 0 unspecified atom stereocenters. The second-order valence-corrected chi connectivity index (χ2v) is 18.4. The van der Waals surface area contributed by atoms with Crippen LogP contribution in [0.15, 0.2) is 218 Å². The molecule has 0 aliphatic heterocycles. The molecule has 0 N–H and O–H groups in total. The first-order valence-electron chi connectivity index (χ1n) is 22.5. The molecule has 11 aromatic rings. The molecule has 1 spiro atoms. The molecule has 0 bridgehead atoms. The number of para-hydroxylation sites is 2. The summed E-state index contributed by atoms with van der Waals surface area (Å²) in [6.45, 7) is 4.81. The fourth-order valence-electron chi connectivity index (χ4n) is 12.2. The van der Waals surface area contributed by atoms with E-state index in [1.807, 2.05) is 0 Å². The molecule has 2 nitrogen and oxygen atoms in total. The zero-order valence-corrected chi connectivity index (χ0v) is 35.7. The quantitative estimate of drug-likeness (QED) is 0.172. The van der Waals surface area contributed by atoms with Crippen molar-refractivity contribution < 1.29 is 0 Å². The SMILES string of the molecule is CC1(C)c2cc(N(c3ccccc3)c3ccc4c(c3)C3(c5ccccc5-c5ccccc53)c3ccccc3-4)ccc2-c2ccc(-n3c4ccccc4c4cc5ccccc5cc43)cc21. The first-order valence-corrected chi connectivity index (χ1v) is 22.5. The molecule has 0 saturated carbocycles. The van der Waals surface area contributed by atoms with Crippen molar-refractivity contribution in [3.05, 3.63) is 252 Å². The van der Waals surface area contributed by atoms with Crippen LogP contribution in [0.5, 0.6) is 0 Å². The second-order valence-electron chi connectivity index (χ2n) is 18.4. The van der Waals surface area contributed by atoms with Gasteiger partial charge in [0.2, 0.25) is 0 Å². The van der Waals surface area contributed by atoms with Crippen LogP contribution < -0.4 is 4.90 Å². The van der Waals surface area contributed by atoms with Crippen LogP contribution in [-0.2, 0) is 10.8 Å². The number of aromatic nitrogens is 1. The monoisotopic (exact) mass is 814 g/mol. The first kappa shape index (κ1) is 35.6. The predicted octanol–water partition coefficient (Wildman–Crippen LogP) is 16.1. The molecule has 64 heavy (non-hydrogen) atoms. The van der Waals surface area contributed by atoms with Gasteiger partial charge in [0.05, 0.1) is 16.4 Å². The van der Waals surface area contributed by atoms with E-state index in [0.717, 1.165) is 17.1 Å². The van der Waals surface area contributed by atoms with E-state index in [1.54, 1.807) is 0 Å². The Bertz CT molecular complexity index is 3710. The smallest absolute Gasteiger partial charge is 0.0726 e. The lowest BCUT2D eigenvalue weighted by atomic mass is 9.70. The molecule has 10 aromatic carbocycles. The van der Waals surface area contributed by atoms with E-state index in [4.69, 9.17) is 0 Å². The highest BCUT2D eigenvalue weighted by atomic mass is 15.1. The Balaban J connectivity index is 0.932. The van der Waals surface area contributed by atoms with Gasteiger partial charge >= 0.3 is 0 Å². The predicted molar refractivity (Wildman–Crippen MR) is 267 cm³/mol. The van der Waals surface area contributed by atoms with E-state index >= 15 is 0 Å². The van der Waals surface area contributed by atoms with Gasteiger partial charge in [0.15, 0.2) is 0 Å². The van der Waals surface area contributed by atoms with Gasteiger partial charge in [-0.05, 0) is 144 Å². The molecule has 0 amide bonds. The van der Waals surface area contributed by atoms with Gasteiger partial charge in [-0.2, -0.15) is 0 Å². The van der Waals surface area contributed by atoms with Gasteiger partial charge in [-0.25, -0.2) is 0 Å². The summed E-state index contributed by atoms with van der Waals surface area (Å²) >= 11 is 0. The number of nitrogens with zero attached hydrogens (tertiary/aromatic N) is 2. The number of rotatable bonds is 4. The molecular formula is C62H42N2. The molecular weight excluding hydrogens is 773 g/mol. The van der Waals surface area contributed by atoms with E-state index in [1.165, 1.54) is 105 Å². The van der Waals surface area contributed by atoms with Crippen LogP contribution in [0.25, 0.3) is 71.6 Å².